The van der Waals surface area contributed by atoms with Gasteiger partial charge in [-0.1, -0.05) is 5.16 Å². The van der Waals surface area contributed by atoms with Gasteiger partial charge in [0.05, 0.1) is 18.3 Å². The van der Waals surface area contributed by atoms with Gasteiger partial charge in [0.15, 0.2) is 5.76 Å². The summed E-state index contributed by atoms with van der Waals surface area (Å²) in [7, 11) is 0. The molecule has 14 heavy (non-hydrogen) atoms. The molecule has 0 bridgehead atoms. The first-order valence-electron chi connectivity index (χ1n) is 4.83. The number of nitrogens with zero attached hydrogens (tertiary/aromatic N) is 2. The highest BCUT2D eigenvalue weighted by molar-refractivity contribution is 5.05. The van der Waals surface area contributed by atoms with Gasteiger partial charge >= 0.3 is 0 Å². The maximum atomic E-state index is 9.32. The highest BCUT2D eigenvalue weighted by atomic mass is 16.5. The van der Waals surface area contributed by atoms with Crippen LogP contribution in [-0.2, 0) is 13.1 Å². The molecule has 0 radical (unpaired) electrons. The Morgan fingerprint density at radius 1 is 1.71 bits per heavy atom. The molecule has 0 saturated carbocycles. The van der Waals surface area contributed by atoms with Crippen molar-refractivity contribution in [3.8, 4) is 0 Å². The molecule has 5 nitrogen and oxygen atoms in total. The monoisotopic (exact) mass is 197 g/mol. The fraction of sp³-hybridized carbons (Fsp3) is 0.667. The lowest BCUT2D eigenvalue weighted by Gasteiger charge is -2.11. The zero-order valence-corrected chi connectivity index (χ0v) is 8.02. The van der Waals surface area contributed by atoms with Gasteiger partial charge in [0.25, 0.3) is 0 Å². The van der Waals surface area contributed by atoms with Gasteiger partial charge in [-0.25, -0.2) is 0 Å². The molecule has 5 heteroatoms. The van der Waals surface area contributed by atoms with E-state index in [0.717, 1.165) is 31.0 Å². The topological polar surface area (TPSA) is 75.5 Å². The van der Waals surface area contributed by atoms with Crippen LogP contribution < -0.4 is 5.73 Å². The molecule has 1 saturated heterocycles. The standard InChI is InChI=1S/C9H15N3O2/c10-4-7-3-9(14-11-7)6-12-2-1-8(13)5-12/h3,8,13H,1-2,4-6,10H2. The lowest BCUT2D eigenvalue weighted by molar-refractivity contribution is 0.170. The molecular weight excluding hydrogens is 182 g/mol. The number of aromatic nitrogens is 1. The molecule has 2 heterocycles. The summed E-state index contributed by atoms with van der Waals surface area (Å²) in [4.78, 5) is 2.14. The normalized spacial score (nSPS) is 23.1. The fourth-order valence-corrected chi connectivity index (χ4v) is 1.70. The fourth-order valence-electron chi connectivity index (χ4n) is 1.70. The molecule has 1 unspecified atom stereocenters. The lowest BCUT2D eigenvalue weighted by Crippen LogP contribution is -2.21. The third-order valence-corrected chi connectivity index (χ3v) is 2.44. The molecule has 1 aliphatic rings. The molecule has 2 rings (SSSR count). The summed E-state index contributed by atoms with van der Waals surface area (Å²) in [6.07, 6.45) is 0.657. The van der Waals surface area contributed by atoms with Crippen LogP contribution in [0.4, 0.5) is 0 Å². The number of rotatable bonds is 3. The summed E-state index contributed by atoms with van der Waals surface area (Å²) in [5, 5.41) is 13.1. The molecule has 1 aromatic heterocycles. The first-order chi connectivity index (χ1) is 6.78. The van der Waals surface area contributed by atoms with Crippen molar-refractivity contribution >= 4 is 0 Å². The van der Waals surface area contributed by atoms with Crippen molar-refractivity contribution in [3.05, 3.63) is 17.5 Å². The van der Waals surface area contributed by atoms with Crippen LogP contribution in [0.2, 0.25) is 0 Å². The Labute approximate surface area is 82.5 Å². The Bertz CT molecular complexity index is 300. The number of hydrogen-bond acceptors (Lipinski definition) is 5. The smallest absolute Gasteiger partial charge is 0.151 e. The van der Waals surface area contributed by atoms with E-state index in [9.17, 15) is 5.11 Å². The minimum absolute atomic E-state index is 0.188. The highest BCUT2D eigenvalue weighted by Crippen LogP contribution is 2.13. The van der Waals surface area contributed by atoms with Crippen LogP contribution in [-0.4, -0.2) is 34.4 Å². The summed E-state index contributed by atoms with van der Waals surface area (Å²) in [5.41, 5.74) is 6.19. The Morgan fingerprint density at radius 3 is 3.14 bits per heavy atom. The number of aliphatic hydroxyl groups excluding tert-OH is 1. The number of aliphatic hydroxyl groups is 1. The number of β-amino-alcohol motifs (C(OH)–C–C–N with tert-alkyl or cyclic N) is 1. The van der Waals surface area contributed by atoms with Gasteiger partial charge in [-0.2, -0.15) is 0 Å². The average Bonchev–Trinajstić information content (AvgIpc) is 2.76. The molecule has 1 aliphatic heterocycles. The summed E-state index contributed by atoms with van der Waals surface area (Å²) < 4.78 is 5.10. The highest BCUT2D eigenvalue weighted by Gasteiger charge is 2.21. The zero-order chi connectivity index (χ0) is 9.97. The first-order valence-corrected chi connectivity index (χ1v) is 4.83. The third-order valence-electron chi connectivity index (χ3n) is 2.44. The molecule has 0 spiro atoms. The van der Waals surface area contributed by atoms with Crippen LogP contribution in [0.3, 0.4) is 0 Å². The van der Waals surface area contributed by atoms with Gasteiger partial charge in [-0.3, -0.25) is 4.90 Å². The molecule has 78 valence electrons. The van der Waals surface area contributed by atoms with Crippen molar-refractivity contribution in [1.29, 1.82) is 0 Å². The Kier molecular flexibility index (Phi) is 2.81. The molecule has 1 atom stereocenters. The second kappa shape index (κ2) is 4.08. The summed E-state index contributed by atoms with van der Waals surface area (Å²) >= 11 is 0. The van der Waals surface area contributed by atoms with Crippen molar-refractivity contribution in [3.63, 3.8) is 0 Å². The summed E-state index contributed by atoms with van der Waals surface area (Å²) in [6, 6.07) is 1.87. The minimum atomic E-state index is -0.188. The van der Waals surface area contributed by atoms with Gasteiger partial charge in [0.2, 0.25) is 0 Å². The average molecular weight is 197 g/mol. The first kappa shape index (κ1) is 9.64. The van der Waals surface area contributed by atoms with Crippen LogP contribution in [0.25, 0.3) is 0 Å². The van der Waals surface area contributed by atoms with Gasteiger partial charge in [-0.05, 0) is 6.42 Å². The maximum absolute atomic E-state index is 9.32. The van der Waals surface area contributed by atoms with E-state index in [1.165, 1.54) is 0 Å². The van der Waals surface area contributed by atoms with Crippen molar-refractivity contribution in [1.82, 2.24) is 10.1 Å². The van der Waals surface area contributed by atoms with Gasteiger partial charge in [0, 0.05) is 25.7 Å². The number of nitrogens with two attached hydrogens (primary N) is 1. The van der Waals surface area contributed by atoms with E-state index in [2.05, 4.69) is 10.1 Å². The molecule has 3 N–H and O–H groups in total. The SMILES string of the molecule is NCc1cc(CN2CCC(O)C2)on1. The number of hydrogen-bond donors (Lipinski definition) is 2. The molecular formula is C9H15N3O2. The quantitative estimate of drug-likeness (QED) is 0.695. The van der Waals surface area contributed by atoms with Gasteiger partial charge in [-0.15, -0.1) is 0 Å². The van der Waals surface area contributed by atoms with E-state index in [1.807, 2.05) is 6.07 Å². The van der Waals surface area contributed by atoms with Crippen molar-refractivity contribution < 1.29 is 9.63 Å². The largest absolute Gasteiger partial charge is 0.392 e. The van der Waals surface area contributed by atoms with Gasteiger partial charge in [0.1, 0.15) is 0 Å². The Balaban J connectivity index is 1.90. The van der Waals surface area contributed by atoms with E-state index >= 15 is 0 Å². The summed E-state index contributed by atoms with van der Waals surface area (Å²) in [6.45, 7) is 2.76. The predicted molar refractivity (Wildman–Crippen MR) is 50.3 cm³/mol. The van der Waals surface area contributed by atoms with Crippen molar-refractivity contribution in [2.45, 2.75) is 25.6 Å². The summed E-state index contributed by atoms with van der Waals surface area (Å²) in [5.74, 6) is 0.819. The predicted octanol–water partition coefficient (Wildman–Crippen LogP) is -0.300. The minimum Gasteiger partial charge on any atom is -0.392 e. The molecule has 1 fully saturated rings. The van der Waals surface area contributed by atoms with Crippen LogP contribution in [0.1, 0.15) is 17.9 Å². The molecule has 1 aromatic rings. The zero-order valence-electron chi connectivity index (χ0n) is 8.02. The van der Waals surface area contributed by atoms with E-state index < -0.39 is 0 Å². The van der Waals surface area contributed by atoms with E-state index in [1.54, 1.807) is 0 Å². The van der Waals surface area contributed by atoms with Crippen LogP contribution in [0.5, 0.6) is 0 Å². The van der Waals surface area contributed by atoms with Crippen molar-refractivity contribution in [2.24, 2.45) is 5.73 Å². The lowest BCUT2D eigenvalue weighted by atomic mass is 10.3. The second-order valence-corrected chi connectivity index (χ2v) is 3.67. The number of likely N-dealkylation sites (tertiary alicyclic amines) is 1. The van der Waals surface area contributed by atoms with Gasteiger partial charge < -0.3 is 15.4 Å². The van der Waals surface area contributed by atoms with Crippen molar-refractivity contribution in [2.75, 3.05) is 13.1 Å². The Morgan fingerprint density at radius 2 is 2.57 bits per heavy atom. The van der Waals surface area contributed by atoms with Crippen LogP contribution in [0, 0.1) is 0 Å². The van der Waals surface area contributed by atoms with E-state index in [-0.39, 0.29) is 6.10 Å². The third kappa shape index (κ3) is 2.12. The van der Waals surface area contributed by atoms with E-state index in [4.69, 9.17) is 10.3 Å². The maximum Gasteiger partial charge on any atom is 0.151 e. The second-order valence-electron chi connectivity index (χ2n) is 3.67. The molecule has 0 amide bonds. The van der Waals surface area contributed by atoms with E-state index in [0.29, 0.717) is 13.1 Å². The molecule has 0 aliphatic carbocycles. The van der Waals surface area contributed by atoms with Crippen LogP contribution >= 0.6 is 0 Å². The Hall–Kier alpha value is -0.910. The molecule has 0 aromatic carbocycles. The van der Waals surface area contributed by atoms with Crippen LogP contribution in [0.15, 0.2) is 10.6 Å².